The summed E-state index contributed by atoms with van der Waals surface area (Å²) < 4.78 is 32.5. The first-order valence-electron chi connectivity index (χ1n) is 7.57. The van der Waals surface area contributed by atoms with Gasteiger partial charge in [-0.05, 0) is 26.7 Å². The zero-order valence-corrected chi connectivity index (χ0v) is 15.1. The molecule has 4 N–H and O–H groups in total. The van der Waals surface area contributed by atoms with Crippen LogP contribution in [0, 0.1) is 5.92 Å². The number of hydrogen-bond donors (Lipinski definition) is 4. The summed E-state index contributed by atoms with van der Waals surface area (Å²) in [6.45, 7) is 9.00. The Bertz CT molecular complexity index is 479. The van der Waals surface area contributed by atoms with Crippen molar-refractivity contribution in [3.05, 3.63) is 0 Å². The molecule has 0 radical (unpaired) electrons. The van der Waals surface area contributed by atoms with Crippen molar-refractivity contribution in [3.8, 4) is 0 Å². The van der Waals surface area contributed by atoms with E-state index in [0.717, 1.165) is 0 Å². The minimum Gasteiger partial charge on any atom is -0.450 e. The zero-order chi connectivity index (χ0) is 18.0. The van der Waals surface area contributed by atoms with Crippen LogP contribution >= 0.6 is 0 Å². The summed E-state index contributed by atoms with van der Waals surface area (Å²) >= 11 is 0. The van der Waals surface area contributed by atoms with Gasteiger partial charge in [-0.1, -0.05) is 13.8 Å². The lowest BCUT2D eigenvalue weighted by molar-refractivity contribution is -0.124. The van der Waals surface area contributed by atoms with E-state index in [4.69, 9.17) is 4.74 Å². The maximum absolute atomic E-state index is 12.1. The van der Waals surface area contributed by atoms with Crippen molar-refractivity contribution in [1.29, 1.82) is 0 Å². The summed E-state index contributed by atoms with van der Waals surface area (Å²) in [4.78, 5) is 23.5. The molecule has 0 aliphatic carbocycles. The Morgan fingerprint density at radius 2 is 1.70 bits per heavy atom. The molecule has 2 amide bonds. The Labute approximate surface area is 138 Å². The van der Waals surface area contributed by atoms with Gasteiger partial charge in [0.25, 0.3) is 10.2 Å². The van der Waals surface area contributed by atoms with E-state index in [-0.39, 0.29) is 31.7 Å². The lowest BCUT2D eigenvalue weighted by atomic mass is 10.0. The monoisotopic (exact) mass is 352 g/mol. The van der Waals surface area contributed by atoms with E-state index in [1.165, 1.54) is 0 Å². The molecule has 9 nitrogen and oxygen atoms in total. The molecule has 0 rings (SSSR count). The summed E-state index contributed by atoms with van der Waals surface area (Å²) in [6.07, 6.45) is -0.664. The van der Waals surface area contributed by atoms with Crippen molar-refractivity contribution in [2.45, 2.75) is 46.7 Å². The van der Waals surface area contributed by atoms with Crippen LogP contribution in [0.2, 0.25) is 0 Å². The Kier molecular flexibility index (Phi) is 9.77. The molecular formula is C13H28N4O5S. The number of rotatable bonds is 10. The predicted octanol–water partition coefficient (Wildman–Crippen LogP) is -0.294. The van der Waals surface area contributed by atoms with E-state index in [1.54, 1.807) is 34.6 Å². The quantitative estimate of drug-likeness (QED) is 0.402. The van der Waals surface area contributed by atoms with Crippen LogP contribution in [0.5, 0.6) is 0 Å². The minimum absolute atomic E-state index is 0.0397. The number of alkyl carbamates (subject to hydrolysis) is 1. The molecule has 1 unspecified atom stereocenters. The molecule has 0 saturated heterocycles. The summed E-state index contributed by atoms with van der Waals surface area (Å²) in [5.41, 5.74) is 0. The normalized spacial score (nSPS) is 13.0. The Hall–Kier alpha value is -1.39. The van der Waals surface area contributed by atoms with Crippen LogP contribution in [0.3, 0.4) is 0 Å². The zero-order valence-electron chi connectivity index (χ0n) is 14.3. The third-order valence-corrected chi connectivity index (χ3v) is 3.97. The average molecular weight is 352 g/mol. The van der Waals surface area contributed by atoms with Gasteiger partial charge in [-0.15, -0.1) is 0 Å². The first kappa shape index (κ1) is 21.6. The van der Waals surface area contributed by atoms with E-state index >= 15 is 0 Å². The highest BCUT2D eigenvalue weighted by atomic mass is 32.2. The fourth-order valence-electron chi connectivity index (χ4n) is 1.67. The molecule has 0 aromatic rings. The summed E-state index contributed by atoms with van der Waals surface area (Å²) in [5, 5.41) is 5.05. The summed E-state index contributed by atoms with van der Waals surface area (Å²) in [6, 6.07) is -0.972. The third kappa shape index (κ3) is 10.1. The standard InChI is InChI=1S/C13H28N4O5S/c1-6-22-13(19)16-11(9(2)3)12(18)14-7-8-15-23(20,21)17-10(4)5/h9-11,15,17H,6-8H2,1-5H3,(H,14,18)(H,16,19). The second-order valence-electron chi connectivity index (χ2n) is 5.55. The number of carbonyl (C=O) groups is 2. The van der Waals surface area contributed by atoms with Gasteiger partial charge >= 0.3 is 6.09 Å². The highest BCUT2D eigenvalue weighted by molar-refractivity contribution is 7.87. The molecule has 0 aliphatic heterocycles. The number of amides is 2. The number of carbonyl (C=O) groups excluding carboxylic acids is 2. The van der Waals surface area contributed by atoms with E-state index in [2.05, 4.69) is 20.1 Å². The van der Waals surface area contributed by atoms with Crippen LogP contribution in [-0.4, -0.2) is 52.2 Å². The van der Waals surface area contributed by atoms with Crippen molar-refractivity contribution < 1.29 is 22.7 Å². The Morgan fingerprint density at radius 3 is 2.17 bits per heavy atom. The fourth-order valence-corrected chi connectivity index (χ4v) is 2.74. The number of nitrogens with one attached hydrogen (secondary N) is 4. The molecule has 0 heterocycles. The van der Waals surface area contributed by atoms with Gasteiger partial charge in [0, 0.05) is 19.1 Å². The van der Waals surface area contributed by atoms with Gasteiger partial charge in [-0.25, -0.2) is 9.52 Å². The minimum atomic E-state index is -3.58. The SMILES string of the molecule is CCOC(=O)NC(C(=O)NCCNS(=O)(=O)NC(C)C)C(C)C. The van der Waals surface area contributed by atoms with Crippen molar-refractivity contribution in [1.82, 2.24) is 20.1 Å². The maximum Gasteiger partial charge on any atom is 0.407 e. The topological polar surface area (TPSA) is 126 Å². The highest BCUT2D eigenvalue weighted by Crippen LogP contribution is 2.02. The van der Waals surface area contributed by atoms with Crippen LogP contribution in [0.15, 0.2) is 0 Å². The van der Waals surface area contributed by atoms with Crippen LogP contribution in [0.4, 0.5) is 4.79 Å². The van der Waals surface area contributed by atoms with Crippen molar-refractivity contribution in [3.63, 3.8) is 0 Å². The maximum atomic E-state index is 12.1. The molecule has 0 aromatic carbocycles. The molecule has 0 aliphatic rings. The first-order valence-corrected chi connectivity index (χ1v) is 9.05. The van der Waals surface area contributed by atoms with Gasteiger partial charge in [0.15, 0.2) is 0 Å². The second-order valence-corrected chi connectivity index (χ2v) is 7.08. The molecule has 23 heavy (non-hydrogen) atoms. The molecule has 0 bridgehead atoms. The molecule has 136 valence electrons. The molecular weight excluding hydrogens is 324 g/mol. The van der Waals surface area contributed by atoms with Gasteiger partial charge in [0.2, 0.25) is 5.91 Å². The molecule has 0 fully saturated rings. The lowest BCUT2D eigenvalue weighted by Gasteiger charge is -2.21. The van der Waals surface area contributed by atoms with Crippen LogP contribution in [0.1, 0.15) is 34.6 Å². The van der Waals surface area contributed by atoms with Gasteiger partial charge < -0.3 is 15.4 Å². The van der Waals surface area contributed by atoms with Crippen LogP contribution < -0.4 is 20.1 Å². The van der Waals surface area contributed by atoms with E-state index < -0.39 is 28.3 Å². The highest BCUT2D eigenvalue weighted by Gasteiger charge is 2.24. The largest absolute Gasteiger partial charge is 0.450 e. The predicted molar refractivity (Wildman–Crippen MR) is 87.0 cm³/mol. The van der Waals surface area contributed by atoms with E-state index in [0.29, 0.717) is 0 Å². The van der Waals surface area contributed by atoms with Gasteiger partial charge in [0.1, 0.15) is 6.04 Å². The molecule has 1 atom stereocenters. The van der Waals surface area contributed by atoms with Gasteiger partial charge in [0.05, 0.1) is 6.61 Å². The fraction of sp³-hybridized carbons (Fsp3) is 0.846. The Morgan fingerprint density at radius 1 is 1.09 bits per heavy atom. The van der Waals surface area contributed by atoms with Gasteiger partial charge in [-0.2, -0.15) is 13.1 Å². The molecule has 0 spiro atoms. The molecule has 0 saturated carbocycles. The van der Waals surface area contributed by atoms with Crippen molar-refractivity contribution in [2.24, 2.45) is 5.92 Å². The smallest absolute Gasteiger partial charge is 0.407 e. The lowest BCUT2D eigenvalue weighted by Crippen LogP contribution is -2.51. The molecule has 0 aromatic heterocycles. The number of ether oxygens (including phenoxy) is 1. The van der Waals surface area contributed by atoms with Crippen molar-refractivity contribution >= 4 is 22.2 Å². The molecule has 10 heteroatoms. The Balaban J connectivity index is 4.31. The summed E-state index contributed by atoms with van der Waals surface area (Å²) in [7, 11) is -3.58. The van der Waals surface area contributed by atoms with Gasteiger partial charge in [-0.3, -0.25) is 4.79 Å². The first-order chi connectivity index (χ1) is 10.6. The van der Waals surface area contributed by atoms with Crippen LogP contribution in [-0.2, 0) is 19.7 Å². The average Bonchev–Trinajstić information content (AvgIpc) is 2.39. The van der Waals surface area contributed by atoms with E-state index in [9.17, 15) is 18.0 Å². The number of hydrogen-bond acceptors (Lipinski definition) is 5. The van der Waals surface area contributed by atoms with Crippen molar-refractivity contribution in [2.75, 3.05) is 19.7 Å². The van der Waals surface area contributed by atoms with Crippen LogP contribution in [0.25, 0.3) is 0 Å². The third-order valence-electron chi connectivity index (χ3n) is 2.61. The second kappa shape index (κ2) is 10.4. The van der Waals surface area contributed by atoms with E-state index in [1.807, 2.05) is 0 Å². The summed E-state index contributed by atoms with van der Waals surface area (Å²) in [5.74, 6) is -0.539.